The lowest BCUT2D eigenvalue weighted by Gasteiger charge is -2.21. The molecule has 0 saturated carbocycles. The van der Waals surface area contributed by atoms with Crippen LogP contribution in [0.15, 0.2) is 30.3 Å². The zero-order chi connectivity index (χ0) is 9.80. The van der Waals surface area contributed by atoms with E-state index in [0.717, 1.165) is 12.8 Å². The topological polar surface area (TPSA) is 26.3 Å². The highest BCUT2D eigenvalue weighted by atomic mass is 16.5. The summed E-state index contributed by atoms with van der Waals surface area (Å²) in [4.78, 5) is 10.8. The first-order valence-corrected chi connectivity index (χ1v) is 5.04. The smallest absolute Gasteiger partial charge is 0.305 e. The lowest BCUT2D eigenvalue weighted by Crippen LogP contribution is -2.23. The van der Waals surface area contributed by atoms with Gasteiger partial charge in [-0.3, -0.25) is 4.79 Å². The number of ether oxygens (including phenoxy) is 1. The fourth-order valence-electron chi connectivity index (χ4n) is 1.80. The van der Waals surface area contributed by atoms with Crippen molar-refractivity contribution in [2.45, 2.75) is 19.3 Å². The Morgan fingerprint density at radius 1 is 1.29 bits per heavy atom. The van der Waals surface area contributed by atoms with Gasteiger partial charge in [0.2, 0.25) is 0 Å². The quantitative estimate of drug-likeness (QED) is 0.668. The molecule has 0 bridgehead atoms. The first kappa shape index (κ1) is 9.25. The van der Waals surface area contributed by atoms with E-state index in [4.69, 9.17) is 4.74 Å². The molecule has 1 aliphatic heterocycles. The lowest BCUT2D eigenvalue weighted by atomic mass is 9.94. The molecule has 0 N–H and O–H groups in total. The summed E-state index contributed by atoms with van der Waals surface area (Å²) in [6, 6.07) is 10.4. The van der Waals surface area contributed by atoms with E-state index in [9.17, 15) is 4.79 Å². The van der Waals surface area contributed by atoms with Crippen molar-refractivity contribution in [1.82, 2.24) is 0 Å². The van der Waals surface area contributed by atoms with Crippen LogP contribution in [0.5, 0.6) is 0 Å². The van der Waals surface area contributed by atoms with Gasteiger partial charge >= 0.3 is 5.97 Å². The van der Waals surface area contributed by atoms with Crippen LogP contribution in [0.25, 0.3) is 0 Å². The largest absolute Gasteiger partial charge is 0.465 e. The average molecular weight is 190 g/mol. The van der Waals surface area contributed by atoms with Gasteiger partial charge < -0.3 is 4.74 Å². The summed E-state index contributed by atoms with van der Waals surface area (Å²) in [5, 5.41) is 0. The third-order valence-corrected chi connectivity index (χ3v) is 2.60. The number of hydrogen-bond acceptors (Lipinski definition) is 2. The summed E-state index contributed by atoms with van der Waals surface area (Å²) in [6.07, 6.45) is 2.57. The molecular weight excluding hydrogens is 176 g/mol. The molecule has 2 nitrogen and oxygen atoms in total. The third kappa shape index (κ3) is 2.34. The van der Waals surface area contributed by atoms with Crippen molar-refractivity contribution in [3.63, 3.8) is 0 Å². The van der Waals surface area contributed by atoms with E-state index >= 15 is 0 Å². The Morgan fingerprint density at radius 2 is 2.07 bits per heavy atom. The third-order valence-electron chi connectivity index (χ3n) is 2.60. The minimum absolute atomic E-state index is 0.0469. The molecular formula is C12H14O2. The monoisotopic (exact) mass is 190 g/mol. The zero-order valence-corrected chi connectivity index (χ0v) is 8.11. The van der Waals surface area contributed by atoms with Crippen LogP contribution < -0.4 is 0 Å². The van der Waals surface area contributed by atoms with Gasteiger partial charge in [-0.25, -0.2) is 0 Å². The SMILES string of the molecule is O=C1CCC(Cc2ccccc2)CO1. The van der Waals surface area contributed by atoms with Crippen LogP contribution in [0.3, 0.4) is 0 Å². The second-order valence-corrected chi connectivity index (χ2v) is 3.78. The van der Waals surface area contributed by atoms with Crippen LogP contribution in [-0.2, 0) is 16.0 Å². The van der Waals surface area contributed by atoms with Gasteiger partial charge in [0.15, 0.2) is 0 Å². The van der Waals surface area contributed by atoms with Crippen molar-refractivity contribution in [2.24, 2.45) is 5.92 Å². The van der Waals surface area contributed by atoms with E-state index in [1.807, 2.05) is 18.2 Å². The van der Waals surface area contributed by atoms with Crippen molar-refractivity contribution in [3.05, 3.63) is 35.9 Å². The lowest BCUT2D eigenvalue weighted by molar-refractivity contribution is -0.149. The summed E-state index contributed by atoms with van der Waals surface area (Å²) in [7, 11) is 0. The van der Waals surface area contributed by atoms with E-state index in [1.165, 1.54) is 5.56 Å². The summed E-state index contributed by atoms with van der Waals surface area (Å²) in [5.41, 5.74) is 1.33. The maximum Gasteiger partial charge on any atom is 0.305 e. The Balaban J connectivity index is 1.89. The molecule has 1 heterocycles. The molecule has 0 amide bonds. The molecule has 0 aromatic heterocycles. The number of carbonyl (C=O) groups is 1. The van der Waals surface area contributed by atoms with Crippen LogP contribution in [0.2, 0.25) is 0 Å². The number of cyclic esters (lactones) is 1. The molecule has 1 saturated heterocycles. The van der Waals surface area contributed by atoms with Gasteiger partial charge in [0.1, 0.15) is 0 Å². The van der Waals surface area contributed by atoms with E-state index < -0.39 is 0 Å². The van der Waals surface area contributed by atoms with Crippen LogP contribution in [0.1, 0.15) is 18.4 Å². The van der Waals surface area contributed by atoms with Crippen LogP contribution in [0, 0.1) is 5.92 Å². The molecule has 1 fully saturated rings. The molecule has 0 radical (unpaired) electrons. The molecule has 1 aromatic carbocycles. The van der Waals surface area contributed by atoms with Gasteiger partial charge in [-0.1, -0.05) is 30.3 Å². The van der Waals surface area contributed by atoms with Crippen molar-refractivity contribution < 1.29 is 9.53 Å². The molecule has 2 rings (SSSR count). The Bertz CT molecular complexity index is 295. The van der Waals surface area contributed by atoms with Crippen molar-refractivity contribution in [3.8, 4) is 0 Å². The Morgan fingerprint density at radius 3 is 2.71 bits per heavy atom. The first-order valence-electron chi connectivity index (χ1n) is 5.04. The van der Waals surface area contributed by atoms with Gasteiger partial charge in [-0.2, -0.15) is 0 Å². The van der Waals surface area contributed by atoms with Crippen molar-refractivity contribution >= 4 is 5.97 Å². The minimum atomic E-state index is -0.0469. The van der Waals surface area contributed by atoms with Crippen molar-refractivity contribution in [1.29, 1.82) is 0 Å². The number of benzene rings is 1. The van der Waals surface area contributed by atoms with Gasteiger partial charge in [0.25, 0.3) is 0 Å². The number of rotatable bonds is 2. The maximum absolute atomic E-state index is 10.8. The molecule has 1 aliphatic rings. The van der Waals surface area contributed by atoms with E-state index in [-0.39, 0.29) is 5.97 Å². The molecule has 0 spiro atoms. The fraction of sp³-hybridized carbons (Fsp3) is 0.417. The van der Waals surface area contributed by atoms with Gasteiger partial charge in [0, 0.05) is 6.42 Å². The summed E-state index contributed by atoms with van der Waals surface area (Å²) in [6.45, 7) is 0.591. The van der Waals surface area contributed by atoms with Gasteiger partial charge in [0.05, 0.1) is 6.61 Å². The number of hydrogen-bond donors (Lipinski definition) is 0. The zero-order valence-electron chi connectivity index (χ0n) is 8.11. The van der Waals surface area contributed by atoms with Gasteiger partial charge in [-0.15, -0.1) is 0 Å². The van der Waals surface area contributed by atoms with E-state index in [1.54, 1.807) is 0 Å². The van der Waals surface area contributed by atoms with Crippen LogP contribution in [0.4, 0.5) is 0 Å². The van der Waals surface area contributed by atoms with Crippen LogP contribution >= 0.6 is 0 Å². The predicted molar refractivity (Wildman–Crippen MR) is 53.8 cm³/mol. The molecule has 1 aromatic rings. The molecule has 14 heavy (non-hydrogen) atoms. The van der Waals surface area contributed by atoms with Gasteiger partial charge in [-0.05, 0) is 24.3 Å². The molecule has 0 aliphatic carbocycles. The van der Waals surface area contributed by atoms with E-state index in [0.29, 0.717) is 18.9 Å². The second-order valence-electron chi connectivity index (χ2n) is 3.78. The fourth-order valence-corrected chi connectivity index (χ4v) is 1.80. The summed E-state index contributed by atoms with van der Waals surface area (Å²) >= 11 is 0. The number of carbonyl (C=O) groups excluding carboxylic acids is 1. The number of esters is 1. The Hall–Kier alpha value is -1.31. The van der Waals surface area contributed by atoms with Crippen molar-refractivity contribution in [2.75, 3.05) is 6.61 Å². The minimum Gasteiger partial charge on any atom is -0.465 e. The Kier molecular flexibility index (Phi) is 2.82. The first-order chi connectivity index (χ1) is 6.84. The standard InChI is InChI=1S/C12H14O2/c13-12-7-6-11(9-14-12)8-10-4-2-1-3-5-10/h1-5,11H,6-9H2. The molecule has 1 unspecified atom stereocenters. The highest BCUT2D eigenvalue weighted by molar-refractivity contribution is 5.69. The normalized spacial score (nSPS) is 21.7. The second kappa shape index (κ2) is 4.27. The average Bonchev–Trinajstić information content (AvgIpc) is 2.23. The highest BCUT2D eigenvalue weighted by Gasteiger charge is 2.19. The molecule has 74 valence electrons. The molecule has 1 atom stereocenters. The maximum atomic E-state index is 10.8. The van der Waals surface area contributed by atoms with Crippen LogP contribution in [-0.4, -0.2) is 12.6 Å². The van der Waals surface area contributed by atoms with E-state index in [2.05, 4.69) is 12.1 Å². The highest BCUT2D eigenvalue weighted by Crippen LogP contribution is 2.19. The predicted octanol–water partition coefficient (Wildman–Crippen LogP) is 2.18. The Labute approximate surface area is 83.9 Å². The summed E-state index contributed by atoms with van der Waals surface area (Å²) in [5.74, 6) is 0.462. The molecule has 2 heteroatoms. The summed E-state index contributed by atoms with van der Waals surface area (Å²) < 4.78 is 5.02.